The Morgan fingerprint density at radius 1 is 0.762 bits per heavy atom. The van der Waals surface area contributed by atoms with E-state index in [0.717, 1.165) is 24.0 Å². The molecule has 1 N–H and O–H groups in total. The largest absolute Gasteiger partial charge is 2.00 e. The molecular formula is C32H41BrMgN2O6. The molecular weight excluding hydrogens is 613 g/mol. The van der Waals surface area contributed by atoms with E-state index >= 15 is 0 Å². The minimum atomic E-state index is -0.546. The number of Topliss-reactive ketones (excluding diaryl/α,β-unsaturated/α-hetero) is 1. The second kappa shape index (κ2) is 16.1. The average molecular weight is 654 g/mol. The molecule has 2 saturated carbocycles. The predicted octanol–water partition coefficient (Wildman–Crippen LogP) is 1.72. The molecule has 0 aromatic heterocycles. The minimum absolute atomic E-state index is 0. The second-order valence-electron chi connectivity index (χ2n) is 11.8. The van der Waals surface area contributed by atoms with Crippen LogP contribution in [0.1, 0.15) is 43.7 Å². The molecule has 42 heavy (non-hydrogen) atoms. The van der Waals surface area contributed by atoms with Crippen molar-refractivity contribution in [3.05, 3.63) is 79.2 Å². The van der Waals surface area contributed by atoms with Gasteiger partial charge in [-0.2, -0.15) is 0 Å². The maximum Gasteiger partial charge on any atom is 2.00 e. The van der Waals surface area contributed by atoms with E-state index in [4.69, 9.17) is 9.47 Å². The fourth-order valence-corrected chi connectivity index (χ4v) is 6.60. The summed E-state index contributed by atoms with van der Waals surface area (Å²) in [6, 6.07) is 19.4. The van der Waals surface area contributed by atoms with Gasteiger partial charge in [0.15, 0.2) is 0 Å². The predicted molar refractivity (Wildman–Crippen MR) is 157 cm³/mol. The maximum absolute atomic E-state index is 12.1. The van der Waals surface area contributed by atoms with Crippen LogP contribution in [0.3, 0.4) is 0 Å². The van der Waals surface area contributed by atoms with Gasteiger partial charge in [0.1, 0.15) is 19.0 Å². The smallest absolute Gasteiger partial charge is 1.00 e. The molecule has 4 aliphatic rings. The number of fused-ring (bicyclic) bond motifs is 2. The van der Waals surface area contributed by atoms with Crippen molar-refractivity contribution in [1.82, 2.24) is 9.80 Å². The molecule has 10 heteroatoms. The van der Waals surface area contributed by atoms with E-state index in [9.17, 15) is 19.5 Å². The van der Waals surface area contributed by atoms with Crippen LogP contribution in [-0.4, -0.2) is 87.7 Å². The van der Waals surface area contributed by atoms with Gasteiger partial charge in [-0.25, -0.2) is 9.59 Å². The standard InChI is InChI=1S/C16H21NO3.C15H17NO3.CH3.BrH.Mg/c1-16(19)7-13-9-17(10-14(13)8-16)15(18)20-11-12-5-3-2-4-6-12;17-14-6-12-8-16(9-13(12)7-14)15(18)19-10-11-4-2-1-3-5-11;;;/h2-6,13-14,19H,7-11H2,1H3;1-5,12-13H,6-10H2;1H3;1H;/q;;-1;;+2/p-1. The number of ether oxygens (including phenoxy) is 2. The van der Waals surface area contributed by atoms with Gasteiger partial charge in [0.05, 0.1) is 5.60 Å². The molecule has 2 saturated heterocycles. The van der Waals surface area contributed by atoms with Gasteiger partial charge in [-0.15, -0.1) is 0 Å². The Morgan fingerprint density at radius 2 is 1.12 bits per heavy atom. The van der Waals surface area contributed by atoms with Crippen LogP contribution in [0.5, 0.6) is 0 Å². The first-order chi connectivity index (χ1) is 18.8. The molecule has 2 aliphatic carbocycles. The van der Waals surface area contributed by atoms with Crippen LogP contribution in [0.2, 0.25) is 0 Å². The molecule has 4 atom stereocenters. The monoisotopic (exact) mass is 652 g/mol. The number of aliphatic hydroxyl groups is 1. The molecule has 224 valence electrons. The first kappa shape index (κ1) is 36.0. The number of amides is 2. The summed E-state index contributed by atoms with van der Waals surface area (Å²) in [6.07, 6.45) is 2.36. The topological polar surface area (TPSA) is 96.4 Å². The number of carbonyl (C=O) groups excluding carboxylic acids is 3. The van der Waals surface area contributed by atoms with Crippen molar-refractivity contribution in [2.45, 2.75) is 51.4 Å². The van der Waals surface area contributed by atoms with Crippen molar-refractivity contribution in [2.75, 3.05) is 26.2 Å². The van der Waals surface area contributed by atoms with Gasteiger partial charge in [0.25, 0.3) is 0 Å². The van der Waals surface area contributed by atoms with Crippen molar-refractivity contribution in [2.24, 2.45) is 23.7 Å². The fraction of sp³-hybridized carbons (Fsp3) is 0.500. The Balaban J connectivity index is 0.000000274. The van der Waals surface area contributed by atoms with E-state index in [0.29, 0.717) is 81.7 Å². The van der Waals surface area contributed by atoms with Crippen molar-refractivity contribution in [1.29, 1.82) is 0 Å². The Kier molecular flexibility index (Phi) is 13.8. The number of carbonyl (C=O) groups is 3. The summed E-state index contributed by atoms with van der Waals surface area (Å²) < 4.78 is 10.7. The number of likely N-dealkylation sites (tertiary alicyclic amines) is 2. The zero-order valence-corrected chi connectivity index (χ0v) is 27.6. The van der Waals surface area contributed by atoms with Crippen molar-refractivity contribution in [3.8, 4) is 0 Å². The molecule has 8 nitrogen and oxygen atoms in total. The third kappa shape index (κ3) is 9.43. The van der Waals surface area contributed by atoms with Crippen LogP contribution in [0, 0.1) is 31.1 Å². The van der Waals surface area contributed by atoms with E-state index in [1.54, 1.807) is 9.80 Å². The molecule has 2 aliphatic heterocycles. The minimum Gasteiger partial charge on any atom is -1.00 e. The van der Waals surface area contributed by atoms with E-state index in [-0.39, 0.29) is 59.6 Å². The molecule has 4 fully saturated rings. The molecule has 2 aromatic rings. The Labute approximate surface area is 276 Å². The van der Waals surface area contributed by atoms with Crippen LogP contribution in [0.25, 0.3) is 0 Å². The van der Waals surface area contributed by atoms with Gasteiger partial charge in [0.2, 0.25) is 0 Å². The maximum atomic E-state index is 12.1. The van der Waals surface area contributed by atoms with Crippen LogP contribution in [0.15, 0.2) is 60.7 Å². The van der Waals surface area contributed by atoms with Crippen LogP contribution < -0.4 is 17.0 Å². The number of rotatable bonds is 4. The van der Waals surface area contributed by atoms with Gasteiger partial charge in [-0.05, 0) is 54.6 Å². The van der Waals surface area contributed by atoms with Crippen LogP contribution in [-0.2, 0) is 27.5 Å². The number of hydrogen-bond acceptors (Lipinski definition) is 6. The molecule has 0 spiro atoms. The molecule has 2 aromatic carbocycles. The molecule has 6 rings (SSSR count). The third-order valence-corrected chi connectivity index (χ3v) is 8.46. The third-order valence-electron chi connectivity index (χ3n) is 8.46. The normalized spacial score (nSPS) is 26.9. The Bertz CT molecular complexity index is 1140. The van der Waals surface area contributed by atoms with Gasteiger partial charge >= 0.3 is 35.2 Å². The van der Waals surface area contributed by atoms with Crippen molar-refractivity contribution >= 4 is 41.0 Å². The molecule has 2 heterocycles. The van der Waals surface area contributed by atoms with E-state index in [2.05, 4.69) is 0 Å². The summed E-state index contributed by atoms with van der Waals surface area (Å²) in [5, 5.41) is 10.0. The van der Waals surface area contributed by atoms with Crippen molar-refractivity contribution < 1.29 is 45.9 Å². The van der Waals surface area contributed by atoms with Gasteiger partial charge in [0, 0.05) is 39.0 Å². The summed E-state index contributed by atoms with van der Waals surface area (Å²) in [4.78, 5) is 38.8. The molecule has 0 radical (unpaired) electrons. The van der Waals surface area contributed by atoms with Gasteiger partial charge in [-0.1, -0.05) is 60.7 Å². The molecule has 2 amide bonds. The summed E-state index contributed by atoms with van der Waals surface area (Å²) in [5.41, 5.74) is 1.45. The number of hydrogen-bond donors (Lipinski definition) is 1. The zero-order valence-electron chi connectivity index (χ0n) is 24.6. The van der Waals surface area contributed by atoms with Crippen LogP contribution in [0.4, 0.5) is 9.59 Å². The number of benzene rings is 2. The summed E-state index contributed by atoms with van der Waals surface area (Å²) in [6.45, 7) is 5.30. The SMILES string of the molecule is CC1(O)CC2CN(C(=O)OCc3ccccc3)CC2C1.O=C1CC2CN(C(=O)OCc3ccccc3)CC2C1.[Br-].[CH3-].[Mg+2]. The fourth-order valence-electron chi connectivity index (χ4n) is 6.60. The van der Waals surface area contributed by atoms with Gasteiger partial charge in [-0.3, -0.25) is 4.79 Å². The average Bonchev–Trinajstić information content (AvgIpc) is 3.65. The molecule has 0 bridgehead atoms. The molecule has 4 unspecified atom stereocenters. The van der Waals surface area contributed by atoms with Crippen molar-refractivity contribution in [3.63, 3.8) is 0 Å². The summed E-state index contributed by atoms with van der Waals surface area (Å²) in [7, 11) is 0. The van der Waals surface area contributed by atoms with E-state index in [1.165, 1.54) is 0 Å². The Hall–Kier alpha value is -2.14. The van der Waals surface area contributed by atoms with Gasteiger partial charge < -0.3 is 48.8 Å². The quantitative estimate of drug-likeness (QED) is 0.399. The zero-order chi connectivity index (χ0) is 27.4. The summed E-state index contributed by atoms with van der Waals surface area (Å²) >= 11 is 0. The van der Waals surface area contributed by atoms with Crippen LogP contribution >= 0.6 is 0 Å². The number of nitrogens with zero attached hydrogens (tertiary/aromatic N) is 2. The second-order valence-corrected chi connectivity index (χ2v) is 11.8. The summed E-state index contributed by atoms with van der Waals surface area (Å²) in [5.74, 6) is 1.91. The van der Waals surface area contributed by atoms with E-state index in [1.807, 2.05) is 67.6 Å². The number of ketones is 1. The van der Waals surface area contributed by atoms with E-state index < -0.39 is 5.60 Å². The first-order valence-corrected chi connectivity index (χ1v) is 13.9. The Morgan fingerprint density at radius 3 is 1.50 bits per heavy atom. The number of halogens is 1. The first-order valence-electron chi connectivity index (χ1n) is 13.9.